The zero-order valence-electron chi connectivity index (χ0n) is 25.0. The van der Waals surface area contributed by atoms with Crippen molar-refractivity contribution in [1.29, 1.82) is 0 Å². The van der Waals surface area contributed by atoms with Crippen LogP contribution in [-0.2, 0) is 15.5 Å². The molecular formula is C33H37N7O2S. The van der Waals surface area contributed by atoms with Crippen molar-refractivity contribution in [2.24, 2.45) is 4.99 Å². The number of aryl methyl sites for hydroxylation is 1. The molecule has 0 saturated carbocycles. The van der Waals surface area contributed by atoms with Gasteiger partial charge in [-0.05, 0) is 98.2 Å². The lowest BCUT2D eigenvalue weighted by Crippen LogP contribution is -2.36. The Balaban J connectivity index is 1.27. The Morgan fingerprint density at radius 1 is 1.07 bits per heavy atom. The van der Waals surface area contributed by atoms with Crippen LogP contribution in [0.2, 0.25) is 0 Å². The van der Waals surface area contributed by atoms with Crippen molar-refractivity contribution < 1.29 is 8.95 Å². The van der Waals surface area contributed by atoms with Crippen molar-refractivity contribution in [3.8, 4) is 17.1 Å². The van der Waals surface area contributed by atoms with Gasteiger partial charge in [-0.3, -0.25) is 9.19 Å². The van der Waals surface area contributed by atoms with Crippen molar-refractivity contribution in [2.45, 2.75) is 32.1 Å². The predicted molar refractivity (Wildman–Crippen MR) is 175 cm³/mol. The first-order valence-corrected chi connectivity index (χ1v) is 15.9. The van der Waals surface area contributed by atoms with Crippen LogP contribution in [0, 0.1) is 6.92 Å². The van der Waals surface area contributed by atoms with Crippen LogP contribution in [0.1, 0.15) is 31.5 Å². The molecule has 1 unspecified atom stereocenters. The number of nitrogens with zero attached hydrogens (tertiary/aromatic N) is 6. The van der Waals surface area contributed by atoms with Crippen LogP contribution < -0.4 is 10.2 Å². The number of morpholine rings is 1. The molecule has 2 aromatic carbocycles. The van der Waals surface area contributed by atoms with Crippen molar-refractivity contribution >= 4 is 34.0 Å². The maximum Gasteiger partial charge on any atom is 0.183 e. The van der Waals surface area contributed by atoms with E-state index in [4.69, 9.17) is 9.73 Å². The summed E-state index contributed by atoms with van der Waals surface area (Å²) in [6, 6.07) is 18.1. The van der Waals surface area contributed by atoms with E-state index in [2.05, 4.69) is 38.3 Å². The van der Waals surface area contributed by atoms with Gasteiger partial charge >= 0.3 is 0 Å². The van der Waals surface area contributed by atoms with Gasteiger partial charge in [0.05, 0.1) is 18.9 Å². The van der Waals surface area contributed by atoms with E-state index in [9.17, 15) is 4.21 Å². The maximum atomic E-state index is 12.4. The highest BCUT2D eigenvalue weighted by atomic mass is 32.2. The van der Waals surface area contributed by atoms with Gasteiger partial charge in [0, 0.05) is 70.1 Å². The van der Waals surface area contributed by atoms with Gasteiger partial charge in [0.2, 0.25) is 0 Å². The molecule has 1 aliphatic rings. The highest BCUT2D eigenvalue weighted by Gasteiger charge is 2.14. The number of anilines is 2. The number of ether oxygens (including phenoxy) is 1. The molecule has 0 bridgehead atoms. The minimum atomic E-state index is -1.08. The summed E-state index contributed by atoms with van der Waals surface area (Å²) in [7, 11) is -1.08. The van der Waals surface area contributed by atoms with Gasteiger partial charge in [-0.1, -0.05) is 6.92 Å². The van der Waals surface area contributed by atoms with Crippen LogP contribution in [0.25, 0.3) is 22.6 Å². The van der Waals surface area contributed by atoms with Gasteiger partial charge in [-0.15, -0.1) is 5.10 Å². The van der Waals surface area contributed by atoms with Crippen LogP contribution in [0.3, 0.4) is 0 Å². The Morgan fingerprint density at radius 3 is 2.56 bits per heavy atom. The molecule has 0 spiro atoms. The molecule has 4 aromatic rings. The zero-order chi connectivity index (χ0) is 30.2. The molecule has 3 heterocycles. The Hall–Kier alpha value is -4.41. The predicted octanol–water partition coefficient (Wildman–Crippen LogP) is 6.05. The van der Waals surface area contributed by atoms with Gasteiger partial charge in [-0.2, -0.15) is 0 Å². The summed E-state index contributed by atoms with van der Waals surface area (Å²) in [6.07, 6.45) is 11.9. The first-order chi connectivity index (χ1) is 20.9. The number of allylic oxidation sites excluding steroid dienone is 3. The number of rotatable bonds is 10. The molecular weight excluding hydrogens is 558 g/mol. The highest BCUT2D eigenvalue weighted by molar-refractivity contribution is 7.84. The third-order valence-corrected chi connectivity index (χ3v) is 7.96. The molecule has 1 aliphatic heterocycles. The normalized spacial score (nSPS) is 15.2. The Kier molecular flexibility index (Phi) is 9.91. The van der Waals surface area contributed by atoms with Crippen LogP contribution in [-0.4, -0.2) is 62.7 Å². The van der Waals surface area contributed by atoms with Gasteiger partial charge < -0.3 is 15.0 Å². The molecule has 0 aliphatic carbocycles. The Labute approximate surface area is 255 Å². The fourth-order valence-corrected chi connectivity index (χ4v) is 5.18. The summed E-state index contributed by atoms with van der Waals surface area (Å²) in [5.74, 6) is 1.39. The fourth-order valence-electron chi connectivity index (χ4n) is 4.60. The van der Waals surface area contributed by atoms with E-state index in [0.717, 1.165) is 69.7 Å². The second kappa shape index (κ2) is 14.2. The van der Waals surface area contributed by atoms with Crippen LogP contribution in [0.4, 0.5) is 11.4 Å². The van der Waals surface area contributed by atoms with Crippen LogP contribution in [0.5, 0.6) is 0 Å². The monoisotopic (exact) mass is 595 g/mol. The Bertz CT molecular complexity index is 1650. The molecule has 1 atom stereocenters. The number of hydrogen-bond acceptors (Lipinski definition) is 8. The minimum Gasteiger partial charge on any atom is -0.378 e. The molecule has 0 radical (unpaired) electrons. The van der Waals surface area contributed by atoms with Crippen LogP contribution in [0.15, 0.2) is 95.0 Å². The number of nitrogens with one attached hydrogen (secondary N) is 1. The van der Waals surface area contributed by atoms with E-state index < -0.39 is 10.8 Å². The zero-order valence-corrected chi connectivity index (χ0v) is 25.8. The lowest BCUT2D eigenvalue weighted by Gasteiger charge is -2.29. The first kappa shape index (κ1) is 30.1. The summed E-state index contributed by atoms with van der Waals surface area (Å²) in [5.41, 5.74) is 6.79. The average Bonchev–Trinajstić information content (AvgIpc) is 3.52. The van der Waals surface area contributed by atoms with Crippen LogP contribution >= 0.6 is 0 Å². The molecule has 5 rings (SSSR count). The number of aromatic nitrogens is 4. The summed E-state index contributed by atoms with van der Waals surface area (Å²) < 4.78 is 19.6. The lowest BCUT2D eigenvalue weighted by molar-refractivity contribution is 0.122. The molecule has 1 saturated heterocycles. The molecule has 43 heavy (non-hydrogen) atoms. The number of aliphatic imine (C=N–C) groups is 1. The van der Waals surface area contributed by atoms with E-state index in [0.29, 0.717) is 19.0 Å². The van der Waals surface area contributed by atoms with Gasteiger partial charge in [0.15, 0.2) is 5.82 Å². The van der Waals surface area contributed by atoms with Crippen molar-refractivity contribution in [2.75, 3.05) is 42.8 Å². The quantitative estimate of drug-likeness (QED) is 0.223. The average molecular weight is 596 g/mol. The van der Waals surface area contributed by atoms with Crippen molar-refractivity contribution in [3.05, 3.63) is 96.4 Å². The third-order valence-electron chi connectivity index (χ3n) is 7.06. The van der Waals surface area contributed by atoms with E-state index in [1.54, 1.807) is 29.7 Å². The maximum absolute atomic E-state index is 12.4. The molecule has 9 nitrogen and oxygen atoms in total. The largest absolute Gasteiger partial charge is 0.378 e. The highest BCUT2D eigenvalue weighted by Crippen LogP contribution is 2.26. The standard InChI is InChI=1S/C33H37N7O2S/c1-5-6-32(34-14-13-24(2)27-19-30(21-31(20-27)43(4)41)39-15-17-42-18-16-39)37-28-9-11-29(12-10-28)40-23-36-33(38-40)26-8-7-25(3)35-22-26/h6-14,19-23,37H,5,15-18H2,1-4H3/b24-13+,32-6-,34-14-. The van der Waals surface area contributed by atoms with E-state index >= 15 is 0 Å². The topological polar surface area (TPSA) is 97.5 Å². The number of hydrogen-bond donors (Lipinski definition) is 1. The molecule has 1 N–H and O–H groups in total. The second-order valence-corrected chi connectivity index (χ2v) is 11.6. The SMILES string of the molecule is CC/C=C(/N=C\C=C(/C)c1cc(N2CCOCC2)cc(S(C)=O)c1)Nc1ccc(-n2cnc(-c3ccc(C)nc3)n2)cc1. The summed E-state index contributed by atoms with van der Waals surface area (Å²) in [5, 5.41) is 8.01. The van der Waals surface area contributed by atoms with E-state index in [-0.39, 0.29) is 0 Å². The molecule has 10 heteroatoms. The van der Waals surface area contributed by atoms with E-state index in [1.165, 1.54) is 0 Å². The van der Waals surface area contributed by atoms with E-state index in [1.807, 2.05) is 74.5 Å². The summed E-state index contributed by atoms with van der Waals surface area (Å²) in [4.78, 5) is 16.6. The number of pyridine rings is 1. The molecule has 0 amide bonds. The fraction of sp³-hybridized carbons (Fsp3) is 0.273. The second-order valence-electron chi connectivity index (χ2n) is 10.3. The Morgan fingerprint density at radius 2 is 1.86 bits per heavy atom. The smallest absolute Gasteiger partial charge is 0.183 e. The third kappa shape index (κ3) is 7.91. The van der Waals surface area contributed by atoms with Gasteiger partial charge in [-0.25, -0.2) is 14.7 Å². The lowest BCUT2D eigenvalue weighted by atomic mass is 10.1. The summed E-state index contributed by atoms with van der Waals surface area (Å²) in [6.45, 7) is 9.13. The number of benzene rings is 2. The molecule has 222 valence electrons. The van der Waals surface area contributed by atoms with Crippen molar-refractivity contribution in [1.82, 2.24) is 19.7 Å². The first-order valence-electron chi connectivity index (χ1n) is 14.3. The summed E-state index contributed by atoms with van der Waals surface area (Å²) >= 11 is 0. The van der Waals surface area contributed by atoms with Gasteiger partial charge in [0.1, 0.15) is 12.1 Å². The van der Waals surface area contributed by atoms with Gasteiger partial charge in [0.25, 0.3) is 0 Å². The molecule has 2 aromatic heterocycles. The minimum absolute atomic E-state index is 0.632. The molecule has 1 fully saturated rings. The van der Waals surface area contributed by atoms with Crippen molar-refractivity contribution in [3.63, 3.8) is 0 Å².